The number of nitrogens with zero attached hydrogens (tertiary/aromatic N) is 1. The zero-order valence-electron chi connectivity index (χ0n) is 9.57. The number of benzene rings is 1. The maximum Gasteiger partial charge on any atom is 0.264 e. The van der Waals surface area contributed by atoms with Gasteiger partial charge in [0.2, 0.25) is 0 Å². The van der Waals surface area contributed by atoms with E-state index in [1.165, 1.54) is 18.3 Å². The third kappa shape index (κ3) is 3.41. The number of hydrogen-bond donors (Lipinski definition) is 1. The van der Waals surface area contributed by atoms with Gasteiger partial charge in [-0.15, -0.1) is 0 Å². The van der Waals surface area contributed by atoms with Gasteiger partial charge in [-0.25, -0.2) is 17.8 Å². The van der Waals surface area contributed by atoms with Crippen LogP contribution in [0.3, 0.4) is 0 Å². The molecule has 0 unspecified atom stereocenters. The van der Waals surface area contributed by atoms with E-state index in [9.17, 15) is 12.8 Å². The molecule has 0 bridgehead atoms. The van der Waals surface area contributed by atoms with Gasteiger partial charge in [-0.2, -0.15) is 0 Å². The maximum absolute atomic E-state index is 13.7. The van der Waals surface area contributed by atoms with Crippen molar-refractivity contribution in [3.8, 4) is 0 Å². The largest absolute Gasteiger partial charge is 0.276 e. The standard InChI is InChI=1S/C11H6BrCl2FN2O2S/c12-6-3-9(11(14)16-5-6)17-20(18,19)10-2-1-7(13)4-8(10)15/h1-5,17H. The molecule has 20 heavy (non-hydrogen) atoms. The van der Waals surface area contributed by atoms with E-state index in [1.807, 2.05) is 0 Å². The molecule has 0 radical (unpaired) electrons. The minimum absolute atomic E-state index is 0.0374. The number of rotatable bonds is 3. The Bertz CT molecular complexity index is 771. The van der Waals surface area contributed by atoms with Crippen LogP contribution in [0.25, 0.3) is 0 Å². The molecule has 2 aromatic rings. The molecule has 4 nitrogen and oxygen atoms in total. The quantitative estimate of drug-likeness (QED) is 0.790. The van der Waals surface area contributed by atoms with E-state index in [0.717, 1.165) is 12.1 Å². The Labute approximate surface area is 133 Å². The first-order valence-electron chi connectivity index (χ1n) is 5.08. The highest BCUT2D eigenvalue weighted by atomic mass is 79.9. The van der Waals surface area contributed by atoms with Crippen molar-refractivity contribution < 1.29 is 12.8 Å². The number of pyridine rings is 1. The Morgan fingerprint density at radius 2 is 1.95 bits per heavy atom. The van der Waals surface area contributed by atoms with Crippen LogP contribution in [0.5, 0.6) is 0 Å². The Kier molecular flexibility index (Phi) is 4.53. The van der Waals surface area contributed by atoms with Crippen molar-refractivity contribution in [1.29, 1.82) is 0 Å². The van der Waals surface area contributed by atoms with Gasteiger partial charge in [0.15, 0.2) is 5.15 Å². The molecule has 0 aliphatic rings. The number of halogens is 4. The highest BCUT2D eigenvalue weighted by Gasteiger charge is 2.20. The van der Waals surface area contributed by atoms with Crippen LogP contribution in [-0.4, -0.2) is 13.4 Å². The first kappa shape index (κ1) is 15.5. The summed E-state index contributed by atoms with van der Waals surface area (Å²) < 4.78 is 40.6. The average molecular weight is 400 g/mol. The van der Waals surface area contributed by atoms with Crippen molar-refractivity contribution in [2.75, 3.05) is 4.72 Å². The van der Waals surface area contributed by atoms with Crippen molar-refractivity contribution in [2.24, 2.45) is 0 Å². The topological polar surface area (TPSA) is 59.1 Å². The first-order chi connectivity index (χ1) is 9.29. The van der Waals surface area contributed by atoms with Gasteiger partial charge in [0.1, 0.15) is 10.7 Å². The summed E-state index contributed by atoms with van der Waals surface area (Å²) in [7, 11) is -4.13. The van der Waals surface area contributed by atoms with Crippen LogP contribution < -0.4 is 4.72 Å². The van der Waals surface area contributed by atoms with Crippen molar-refractivity contribution in [2.45, 2.75) is 4.90 Å². The van der Waals surface area contributed by atoms with Crippen molar-refractivity contribution in [3.63, 3.8) is 0 Å². The third-order valence-corrected chi connectivity index (χ3v) is 4.60. The molecule has 0 spiro atoms. The van der Waals surface area contributed by atoms with E-state index in [2.05, 4.69) is 25.6 Å². The average Bonchev–Trinajstić information content (AvgIpc) is 2.33. The van der Waals surface area contributed by atoms with E-state index in [-0.39, 0.29) is 15.9 Å². The minimum Gasteiger partial charge on any atom is -0.276 e. The van der Waals surface area contributed by atoms with E-state index in [0.29, 0.717) is 4.47 Å². The lowest BCUT2D eigenvalue weighted by atomic mass is 10.3. The summed E-state index contributed by atoms with van der Waals surface area (Å²) in [5, 5.41) is 0.0507. The fraction of sp³-hybridized carbons (Fsp3) is 0. The number of hydrogen-bond acceptors (Lipinski definition) is 3. The first-order valence-corrected chi connectivity index (χ1v) is 8.12. The Balaban J connectivity index is 2.43. The number of sulfonamides is 1. The molecule has 0 atom stereocenters. The van der Waals surface area contributed by atoms with Gasteiger partial charge >= 0.3 is 0 Å². The maximum atomic E-state index is 13.7. The molecule has 9 heteroatoms. The van der Waals surface area contributed by atoms with Gasteiger partial charge in [-0.3, -0.25) is 4.72 Å². The number of aromatic nitrogens is 1. The molecule has 1 aromatic heterocycles. The fourth-order valence-corrected chi connectivity index (χ4v) is 3.20. The predicted octanol–water partition coefficient (Wildman–Crippen LogP) is 4.09. The number of anilines is 1. The minimum atomic E-state index is -4.13. The highest BCUT2D eigenvalue weighted by Crippen LogP contribution is 2.27. The second-order valence-electron chi connectivity index (χ2n) is 3.67. The van der Waals surface area contributed by atoms with E-state index in [4.69, 9.17) is 23.2 Å². The smallest absolute Gasteiger partial charge is 0.264 e. The van der Waals surface area contributed by atoms with Crippen LogP contribution >= 0.6 is 39.1 Å². The summed E-state index contributed by atoms with van der Waals surface area (Å²) in [6.45, 7) is 0. The molecule has 1 aromatic carbocycles. The molecular weight excluding hydrogens is 394 g/mol. The second kappa shape index (κ2) is 5.85. The van der Waals surface area contributed by atoms with Crippen LogP contribution in [0, 0.1) is 5.82 Å². The summed E-state index contributed by atoms with van der Waals surface area (Å²) >= 11 is 14.5. The Morgan fingerprint density at radius 3 is 2.60 bits per heavy atom. The van der Waals surface area contributed by atoms with E-state index in [1.54, 1.807) is 0 Å². The summed E-state index contributed by atoms with van der Waals surface area (Å²) in [6.07, 6.45) is 1.41. The normalized spacial score (nSPS) is 11.4. The molecule has 1 heterocycles. The SMILES string of the molecule is O=S(=O)(Nc1cc(Br)cnc1Cl)c1ccc(Cl)cc1F. The molecular formula is C11H6BrCl2FN2O2S. The van der Waals surface area contributed by atoms with Crippen LogP contribution in [0.15, 0.2) is 39.8 Å². The Hall–Kier alpha value is -0.890. The van der Waals surface area contributed by atoms with Gasteiger partial charge in [-0.1, -0.05) is 23.2 Å². The Morgan fingerprint density at radius 1 is 1.25 bits per heavy atom. The third-order valence-electron chi connectivity index (χ3n) is 2.23. The summed E-state index contributed by atoms with van der Waals surface area (Å²) in [4.78, 5) is 3.24. The van der Waals surface area contributed by atoms with Crippen LogP contribution in [0.2, 0.25) is 10.2 Å². The van der Waals surface area contributed by atoms with Gasteiger partial charge in [0, 0.05) is 15.7 Å². The molecule has 2 rings (SSSR count). The zero-order chi connectivity index (χ0) is 14.9. The molecule has 0 saturated heterocycles. The van der Waals surface area contributed by atoms with Crippen LogP contribution in [0.1, 0.15) is 0 Å². The van der Waals surface area contributed by atoms with Crippen LogP contribution in [0.4, 0.5) is 10.1 Å². The molecule has 0 fully saturated rings. The highest BCUT2D eigenvalue weighted by molar-refractivity contribution is 9.10. The lowest BCUT2D eigenvalue weighted by Crippen LogP contribution is -2.15. The van der Waals surface area contributed by atoms with Crippen molar-refractivity contribution >= 4 is 54.8 Å². The lowest BCUT2D eigenvalue weighted by molar-refractivity contribution is 0.570. The van der Waals surface area contributed by atoms with Crippen molar-refractivity contribution in [3.05, 3.63) is 50.9 Å². The van der Waals surface area contributed by atoms with Gasteiger partial charge < -0.3 is 0 Å². The summed E-state index contributed by atoms with van der Waals surface area (Å²) in [5.74, 6) is -0.955. The second-order valence-corrected chi connectivity index (χ2v) is 7.03. The van der Waals surface area contributed by atoms with Crippen molar-refractivity contribution in [1.82, 2.24) is 4.98 Å². The van der Waals surface area contributed by atoms with Gasteiger partial charge in [-0.05, 0) is 40.2 Å². The van der Waals surface area contributed by atoms with E-state index < -0.39 is 20.7 Å². The summed E-state index contributed by atoms with van der Waals surface area (Å²) in [5.41, 5.74) is 0.0374. The van der Waals surface area contributed by atoms with Crippen LogP contribution in [-0.2, 0) is 10.0 Å². The monoisotopic (exact) mass is 398 g/mol. The lowest BCUT2D eigenvalue weighted by Gasteiger charge is -2.10. The van der Waals surface area contributed by atoms with Gasteiger partial charge in [0.05, 0.1) is 5.69 Å². The molecule has 0 saturated carbocycles. The van der Waals surface area contributed by atoms with Gasteiger partial charge in [0.25, 0.3) is 10.0 Å². The molecule has 106 valence electrons. The molecule has 0 aliphatic carbocycles. The molecule has 1 N–H and O–H groups in total. The number of nitrogens with one attached hydrogen (secondary N) is 1. The predicted molar refractivity (Wildman–Crippen MR) is 79.2 cm³/mol. The zero-order valence-corrected chi connectivity index (χ0v) is 13.5. The fourth-order valence-electron chi connectivity index (χ4n) is 1.39. The van der Waals surface area contributed by atoms with E-state index >= 15 is 0 Å². The molecule has 0 amide bonds. The summed E-state index contributed by atoms with van der Waals surface area (Å²) in [6, 6.07) is 4.68. The molecule has 0 aliphatic heterocycles.